The van der Waals surface area contributed by atoms with Crippen LogP contribution in [0.25, 0.3) is 0 Å². The number of nitrogens with zero attached hydrogens (tertiary/aromatic N) is 1. The van der Waals surface area contributed by atoms with Gasteiger partial charge in [0, 0.05) is 24.2 Å². The Morgan fingerprint density at radius 2 is 1.90 bits per heavy atom. The molecule has 0 aliphatic carbocycles. The van der Waals surface area contributed by atoms with E-state index in [1.807, 2.05) is 0 Å². The van der Waals surface area contributed by atoms with E-state index in [0.29, 0.717) is 17.8 Å². The minimum Gasteiger partial charge on any atom is -0.326 e. The van der Waals surface area contributed by atoms with Gasteiger partial charge in [0.05, 0.1) is 15.6 Å². The van der Waals surface area contributed by atoms with E-state index in [-0.39, 0.29) is 16.6 Å². The molecule has 2 aromatic rings. The van der Waals surface area contributed by atoms with Crippen molar-refractivity contribution in [3.05, 3.63) is 68.7 Å². The molecule has 7 heteroatoms. The van der Waals surface area contributed by atoms with Crippen molar-refractivity contribution >= 4 is 28.9 Å². The molecule has 0 spiro atoms. The molecule has 0 aromatic heterocycles. The summed E-state index contributed by atoms with van der Waals surface area (Å²) >= 11 is 5.92. The molecule has 2 rings (SSSR count). The first-order valence-electron chi connectivity index (χ1n) is 6.05. The van der Waals surface area contributed by atoms with E-state index in [1.165, 1.54) is 18.2 Å². The van der Waals surface area contributed by atoms with Crippen molar-refractivity contribution in [1.82, 2.24) is 0 Å². The quantitative estimate of drug-likeness (QED) is 0.670. The third kappa shape index (κ3) is 3.56. The van der Waals surface area contributed by atoms with E-state index < -0.39 is 4.92 Å². The van der Waals surface area contributed by atoms with E-state index in [9.17, 15) is 14.9 Å². The Morgan fingerprint density at radius 1 is 1.24 bits per heavy atom. The van der Waals surface area contributed by atoms with Crippen LogP contribution in [0.5, 0.6) is 0 Å². The highest BCUT2D eigenvalue weighted by molar-refractivity contribution is 6.34. The molecule has 0 atom stereocenters. The standard InChI is InChI=1S/C14H12ClN3O3/c15-12-7-11(18(20)21)5-6-13(12)17-14(19)10-3-1-9(8-16)2-4-10/h1-7H,8,16H2,(H,17,19). The minimum absolute atomic E-state index is 0.108. The molecule has 108 valence electrons. The number of halogens is 1. The molecule has 3 N–H and O–H groups in total. The number of amides is 1. The molecular formula is C14H12ClN3O3. The number of hydrogen-bond donors (Lipinski definition) is 2. The lowest BCUT2D eigenvalue weighted by molar-refractivity contribution is -0.384. The van der Waals surface area contributed by atoms with Gasteiger partial charge in [0.2, 0.25) is 0 Å². The summed E-state index contributed by atoms with van der Waals surface area (Å²) < 4.78 is 0. The molecule has 1 amide bonds. The van der Waals surface area contributed by atoms with Gasteiger partial charge < -0.3 is 11.1 Å². The molecule has 0 saturated carbocycles. The first-order valence-corrected chi connectivity index (χ1v) is 6.43. The Labute approximate surface area is 125 Å². The zero-order valence-corrected chi connectivity index (χ0v) is 11.6. The number of nitrogens with two attached hydrogens (primary N) is 1. The zero-order valence-electron chi connectivity index (χ0n) is 10.9. The van der Waals surface area contributed by atoms with Gasteiger partial charge in [0.15, 0.2) is 0 Å². The van der Waals surface area contributed by atoms with Crippen molar-refractivity contribution in [2.75, 3.05) is 5.32 Å². The second kappa shape index (κ2) is 6.34. The van der Waals surface area contributed by atoms with E-state index in [1.54, 1.807) is 24.3 Å². The number of benzene rings is 2. The summed E-state index contributed by atoms with van der Waals surface area (Å²) in [6, 6.07) is 10.7. The van der Waals surface area contributed by atoms with Gasteiger partial charge in [-0.25, -0.2) is 0 Å². The summed E-state index contributed by atoms with van der Waals surface area (Å²) in [4.78, 5) is 22.1. The van der Waals surface area contributed by atoms with Crippen LogP contribution in [0.4, 0.5) is 11.4 Å². The summed E-state index contributed by atoms with van der Waals surface area (Å²) in [5, 5.41) is 13.3. The van der Waals surface area contributed by atoms with Gasteiger partial charge in [0.25, 0.3) is 11.6 Å². The fourth-order valence-corrected chi connectivity index (χ4v) is 1.93. The molecule has 0 aliphatic heterocycles. The number of nitro benzene ring substituents is 1. The second-order valence-corrected chi connectivity index (χ2v) is 4.68. The summed E-state index contributed by atoms with van der Waals surface area (Å²) in [6.07, 6.45) is 0. The molecule has 0 aliphatic rings. The molecule has 21 heavy (non-hydrogen) atoms. The van der Waals surface area contributed by atoms with Crippen molar-refractivity contribution in [2.45, 2.75) is 6.54 Å². The van der Waals surface area contributed by atoms with Crippen LogP contribution in [0.3, 0.4) is 0 Å². The van der Waals surface area contributed by atoms with E-state index in [4.69, 9.17) is 17.3 Å². The van der Waals surface area contributed by atoms with Crippen molar-refractivity contribution in [3.63, 3.8) is 0 Å². The van der Waals surface area contributed by atoms with Crippen LogP contribution in [0.2, 0.25) is 5.02 Å². The van der Waals surface area contributed by atoms with Gasteiger partial charge in [0.1, 0.15) is 0 Å². The van der Waals surface area contributed by atoms with E-state index in [2.05, 4.69) is 5.32 Å². The lowest BCUT2D eigenvalue weighted by Gasteiger charge is -2.07. The van der Waals surface area contributed by atoms with Gasteiger partial charge in [-0.1, -0.05) is 23.7 Å². The van der Waals surface area contributed by atoms with Crippen molar-refractivity contribution in [1.29, 1.82) is 0 Å². The molecule has 6 nitrogen and oxygen atoms in total. The largest absolute Gasteiger partial charge is 0.326 e. The molecule has 0 heterocycles. The van der Waals surface area contributed by atoms with Gasteiger partial charge in [-0.15, -0.1) is 0 Å². The summed E-state index contributed by atoms with van der Waals surface area (Å²) in [7, 11) is 0. The summed E-state index contributed by atoms with van der Waals surface area (Å²) in [5.74, 6) is -0.352. The Morgan fingerprint density at radius 3 is 2.43 bits per heavy atom. The number of anilines is 1. The Kier molecular flexibility index (Phi) is 4.52. The SMILES string of the molecule is NCc1ccc(C(=O)Nc2ccc([N+](=O)[O-])cc2Cl)cc1. The number of nitro groups is 1. The first kappa shape index (κ1) is 15.0. The number of carbonyl (C=O) groups is 1. The highest BCUT2D eigenvalue weighted by atomic mass is 35.5. The predicted octanol–water partition coefficient (Wildman–Crippen LogP) is 2.96. The Balaban J connectivity index is 2.17. The normalized spacial score (nSPS) is 10.2. The van der Waals surface area contributed by atoms with Gasteiger partial charge >= 0.3 is 0 Å². The third-order valence-corrected chi connectivity index (χ3v) is 3.18. The van der Waals surface area contributed by atoms with Crippen LogP contribution < -0.4 is 11.1 Å². The number of carbonyl (C=O) groups excluding carboxylic acids is 1. The fourth-order valence-electron chi connectivity index (χ4n) is 1.71. The fraction of sp³-hybridized carbons (Fsp3) is 0.0714. The molecule has 0 radical (unpaired) electrons. The van der Waals surface area contributed by atoms with Crippen molar-refractivity contribution in [3.8, 4) is 0 Å². The zero-order chi connectivity index (χ0) is 15.4. The van der Waals surface area contributed by atoms with E-state index in [0.717, 1.165) is 5.56 Å². The maximum atomic E-state index is 12.0. The smallest absolute Gasteiger partial charge is 0.271 e. The lowest BCUT2D eigenvalue weighted by atomic mass is 10.1. The number of non-ortho nitro benzene ring substituents is 1. The number of nitrogens with one attached hydrogen (secondary N) is 1. The van der Waals surface area contributed by atoms with Crippen LogP contribution in [0.1, 0.15) is 15.9 Å². The van der Waals surface area contributed by atoms with Crippen LogP contribution >= 0.6 is 11.6 Å². The molecule has 0 unspecified atom stereocenters. The van der Waals surface area contributed by atoms with Gasteiger partial charge in [-0.2, -0.15) is 0 Å². The van der Waals surface area contributed by atoms with Gasteiger partial charge in [-0.05, 0) is 23.8 Å². The average molecular weight is 306 g/mol. The van der Waals surface area contributed by atoms with Crippen LogP contribution in [0, 0.1) is 10.1 Å². The summed E-state index contributed by atoms with van der Waals surface area (Å²) in [5.41, 5.74) is 7.03. The molecule has 0 fully saturated rings. The number of rotatable bonds is 4. The minimum atomic E-state index is -0.553. The Hall–Kier alpha value is -2.44. The lowest BCUT2D eigenvalue weighted by Crippen LogP contribution is -2.12. The maximum absolute atomic E-state index is 12.0. The van der Waals surface area contributed by atoms with Gasteiger partial charge in [-0.3, -0.25) is 14.9 Å². The van der Waals surface area contributed by atoms with Crippen molar-refractivity contribution in [2.24, 2.45) is 5.73 Å². The Bertz CT molecular complexity index is 686. The molecule has 2 aromatic carbocycles. The van der Waals surface area contributed by atoms with Crippen LogP contribution in [-0.4, -0.2) is 10.8 Å². The average Bonchev–Trinajstić information content (AvgIpc) is 2.49. The molecule has 0 saturated heterocycles. The highest BCUT2D eigenvalue weighted by Crippen LogP contribution is 2.27. The molecular weight excluding hydrogens is 294 g/mol. The van der Waals surface area contributed by atoms with E-state index >= 15 is 0 Å². The molecule has 0 bridgehead atoms. The first-order chi connectivity index (χ1) is 10.0. The van der Waals surface area contributed by atoms with Crippen LogP contribution in [-0.2, 0) is 6.54 Å². The summed E-state index contributed by atoms with van der Waals surface area (Å²) in [6.45, 7) is 0.399. The monoisotopic (exact) mass is 305 g/mol. The highest BCUT2D eigenvalue weighted by Gasteiger charge is 2.12. The topological polar surface area (TPSA) is 98.3 Å². The maximum Gasteiger partial charge on any atom is 0.271 e. The number of hydrogen-bond acceptors (Lipinski definition) is 4. The second-order valence-electron chi connectivity index (χ2n) is 4.28. The predicted molar refractivity (Wildman–Crippen MR) is 80.4 cm³/mol. The third-order valence-electron chi connectivity index (χ3n) is 2.86. The van der Waals surface area contributed by atoms with Crippen LogP contribution in [0.15, 0.2) is 42.5 Å². The van der Waals surface area contributed by atoms with Crippen molar-refractivity contribution < 1.29 is 9.72 Å².